The van der Waals surface area contributed by atoms with Crippen LogP contribution in [-0.2, 0) is 17.7 Å². The fraction of sp³-hybridized carbons (Fsp3) is 0.500. The van der Waals surface area contributed by atoms with Crippen molar-refractivity contribution in [2.45, 2.75) is 83.8 Å². The molecule has 2 fully saturated rings. The average molecular weight is 431 g/mol. The van der Waals surface area contributed by atoms with Crippen molar-refractivity contribution in [1.29, 1.82) is 0 Å². The molecule has 5 rings (SSSR count). The summed E-state index contributed by atoms with van der Waals surface area (Å²) >= 11 is 0. The van der Waals surface area contributed by atoms with Gasteiger partial charge < -0.3 is 9.30 Å². The van der Waals surface area contributed by atoms with Crippen LogP contribution < -0.4 is 0 Å². The SMILES string of the molecule is CC(C)(C)OC(=O)c1cc(C2CC2)cnc1Cc1cccc2c1ccn2CC1CCCC1. The van der Waals surface area contributed by atoms with Gasteiger partial charge in [0.15, 0.2) is 0 Å². The quantitative estimate of drug-likeness (QED) is 0.411. The van der Waals surface area contributed by atoms with Crippen LogP contribution in [0.25, 0.3) is 10.9 Å². The molecular weight excluding hydrogens is 396 g/mol. The molecule has 0 spiro atoms. The van der Waals surface area contributed by atoms with Crippen LogP contribution >= 0.6 is 0 Å². The van der Waals surface area contributed by atoms with E-state index in [-0.39, 0.29) is 5.97 Å². The topological polar surface area (TPSA) is 44.1 Å². The molecule has 168 valence electrons. The van der Waals surface area contributed by atoms with Gasteiger partial charge in [-0.3, -0.25) is 4.98 Å². The van der Waals surface area contributed by atoms with Crippen LogP contribution in [0.4, 0.5) is 0 Å². The first kappa shape index (κ1) is 21.2. The zero-order chi connectivity index (χ0) is 22.3. The molecule has 4 nitrogen and oxygen atoms in total. The second-order valence-electron chi connectivity index (χ2n) is 10.7. The number of nitrogens with zero attached hydrogens (tertiary/aromatic N) is 2. The van der Waals surface area contributed by atoms with Crippen molar-refractivity contribution in [1.82, 2.24) is 9.55 Å². The third kappa shape index (κ3) is 4.60. The number of ether oxygens (including phenoxy) is 1. The minimum atomic E-state index is -0.526. The van der Waals surface area contributed by atoms with E-state index in [9.17, 15) is 4.79 Å². The number of hydrogen-bond acceptors (Lipinski definition) is 3. The van der Waals surface area contributed by atoms with Crippen molar-refractivity contribution >= 4 is 16.9 Å². The predicted octanol–water partition coefficient (Wildman–Crippen LogP) is 6.65. The lowest BCUT2D eigenvalue weighted by atomic mass is 10.00. The van der Waals surface area contributed by atoms with Gasteiger partial charge in [0.25, 0.3) is 0 Å². The molecule has 0 bridgehead atoms. The van der Waals surface area contributed by atoms with Crippen molar-refractivity contribution in [3.05, 3.63) is 65.1 Å². The Morgan fingerprint density at radius 1 is 1.12 bits per heavy atom. The van der Waals surface area contributed by atoms with Gasteiger partial charge >= 0.3 is 5.97 Å². The summed E-state index contributed by atoms with van der Waals surface area (Å²) < 4.78 is 8.15. The first-order valence-corrected chi connectivity index (χ1v) is 12.2. The molecule has 0 unspecified atom stereocenters. The number of carbonyl (C=O) groups excluding carboxylic acids is 1. The zero-order valence-electron chi connectivity index (χ0n) is 19.6. The summed E-state index contributed by atoms with van der Waals surface area (Å²) in [4.78, 5) is 17.8. The first-order chi connectivity index (χ1) is 15.4. The third-order valence-corrected chi connectivity index (χ3v) is 6.85. The van der Waals surface area contributed by atoms with Crippen molar-refractivity contribution in [2.75, 3.05) is 0 Å². The van der Waals surface area contributed by atoms with E-state index in [4.69, 9.17) is 9.72 Å². The molecule has 32 heavy (non-hydrogen) atoms. The van der Waals surface area contributed by atoms with E-state index >= 15 is 0 Å². The Kier molecular flexibility index (Phi) is 5.56. The maximum Gasteiger partial charge on any atom is 0.340 e. The van der Waals surface area contributed by atoms with Crippen LogP contribution in [0.15, 0.2) is 42.7 Å². The maximum absolute atomic E-state index is 13.1. The molecule has 2 aliphatic carbocycles. The van der Waals surface area contributed by atoms with Crippen molar-refractivity contribution in [3.63, 3.8) is 0 Å². The maximum atomic E-state index is 13.1. The van der Waals surface area contributed by atoms with Crippen LogP contribution in [0.2, 0.25) is 0 Å². The lowest BCUT2D eigenvalue weighted by Gasteiger charge is -2.21. The van der Waals surface area contributed by atoms with Crippen molar-refractivity contribution in [2.24, 2.45) is 5.92 Å². The van der Waals surface area contributed by atoms with E-state index in [1.54, 1.807) is 0 Å². The van der Waals surface area contributed by atoms with Crippen LogP contribution in [0.1, 0.15) is 92.4 Å². The van der Waals surface area contributed by atoms with Gasteiger partial charge in [-0.25, -0.2) is 4.79 Å². The molecule has 2 saturated carbocycles. The number of esters is 1. The predicted molar refractivity (Wildman–Crippen MR) is 128 cm³/mol. The monoisotopic (exact) mass is 430 g/mol. The van der Waals surface area contributed by atoms with E-state index in [2.05, 4.69) is 35.0 Å². The molecule has 0 aliphatic heterocycles. The molecule has 2 aromatic heterocycles. The number of fused-ring (bicyclic) bond motifs is 1. The first-order valence-electron chi connectivity index (χ1n) is 12.2. The summed E-state index contributed by atoms with van der Waals surface area (Å²) in [6.07, 6.45) is 12.6. The molecule has 3 aromatic rings. The summed E-state index contributed by atoms with van der Waals surface area (Å²) in [5, 5.41) is 1.26. The number of benzene rings is 1. The van der Waals surface area contributed by atoms with Gasteiger partial charge in [-0.05, 0) is 87.6 Å². The van der Waals surface area contributed by atoms with Crippen LogP contribution in [-0.4, -0.2) is 21.1 Å². The summed E-state index contributed by atoms with van der Waals surface area (Å²) in [7, 11) is 0. The van der Waals surface area contributed by atoms with Gasteiger partial charge in [-0.1, -0.05) is 25.0 Å². The number of aromatic nitrogens is 2. The summed E-state index contributed by atoms with van der Waals surface area (Å²) in [5.41, 5.74) is 4.55. The molecule has 0 atom stereocenters. The molecule has 0 saturated heterocycles. The lowest BCUT2D eigenvalue weighted by Crippen LogP contribution is -2.25. The highest BCUT2D eigenvalue weighted by Crippen LogP contribution is 2.40. The molecule has 4 heteroatoms. The highest BCUT2D eigenvalue weighted by Gasteiger charge is 2.28. The fourth-order valence-corrected chi connectivity index (χ4v) is 5.05. The Bertz CT molecular complexity index is 1130. The molecule has 0 radical (unpaired) electrons. The third-order valence-electron chi connectivity index (χ3n) is 6.85. The molecular formula is C28H34N2O2. The van der Waals surface area contributed by atoms with E-state index in [0.717, 1.165) is 23.7 Å². The smallest absolute Gasteiger partial charge is 0.340 e. The summed E-state index contributed by atoms with van der Waals surface area (Å²) in [6, 6.07) is 10.8. The molecule has 2 heterocycles. The van der Waals surface area contributed by atoms with Gasteiger partial charge in [0.1, 0.15) is 5.60 Å². The second kappa shape index (κ2) is 8.38. The summed E-state index contributed by atoms with van der Waals surface area (Å²) in [6.45, 7) is 6.84. The Morgan fingerprint density at radius 3 is 2.62 bits per heavy atom. The fourth-order valence-electron chi connectivity index (χ4n) is 5.05. The van der Waals surface area contributed by atoms with Crippen molar-refractivity contribution in [3.8, 4) is 0 Å². The zero-order valence-corrected chi connectivity index (χ0v) is 19.6. The van der Waals surface area contributed by atoms with E-state index in [1.165, 1.54) is 55.0 Å². The molecule has 0 N–H and O–H groups in total. The number of pyridine rings is 1. The minimum Gasteiger partial charge on any atom is -0.456 e. The average Bonchev–Trinajstić information content (AvgIpc) is 3.31. The van der Waals surface area contributed by atoms with E-state index in [0.29, 0.717) is 17.9 Å². The highest BCUT2D eigenvalue weighted by molar-refractivity contribution is 5.92. The molecule has 2 aliphatic rings. The van der Waals surface area contributed by atoms with Crippen LogP contribution in [0.3, 0.4) is 0 Å². The standard InChI is InChI=1S/C28H34N2O2/c1-28(2,3)32-27(31)24-15-22(20-11-12-20)17-29-25(24)16-21-9-6-10-26-23(21)13-14-30(26)18-19-7-4-5-8-19/h6,9-10,13-15,17,19-20H,4-5,7-8,11-12,16,18H2,1-3H3. The van der Waals surface area contributed by atoms with Gasteiger partial charge in [0.2, 0.25) is 0 Å². The Hall–Kier alpha value is -2.62. The van der Waals surface area contributed by atoms with Gasteiger partial charge in [-0.2, -0.15) is 0 Å². The number of rotatable bonds is 6. The lowest BCUT2D eigenvalue weighted by molar-refractivity contribution is 0.00678. The van der Waals surface area contributed by atoms with Gasteiger partial charge in [-0.15, -0.1) is 0 Å². The Morgan fingerprint density at radius 2 is 1.91 bits per heavy atom. The van der Waals surface area contributed by atoms with E-state index < -0.39 is 5.60 Å². The highest BCUT2D eigenvalue weighted by atomic mass is 16.6. The number of carbonyl (C=O) groups is 1. The van der Waals surface area contributed by atoms with Gasteiger partial charge in [0.05, 0.1) is 11.3 Å². The number of hydrogen-bond donors (Lipinski definition) is 0. The largest absolute Gasteiger partial charge is 0.456 e. The van der Waals surface area contributed by atoms with Crippen LogP contribution in [0.5, 0.6) is 0 Å². The Labute approximate surface area is 191 Å². The normalized spacial score (nSPS) is 17.2. The summed E-state index contributed by atoms with van der Waals surface area (Å²) in [5.74, 6) is 1.07. The second-order valence-corrected chi connectivity index (χ2v) is 10.7. The van der Waals surface area contributed by atoms with Crippen LogP contribution in [0, 0.1) is 5.92 Å². The Balaban J connectivity index is 1.46. The minimum absolute atomic E-state index is 0.270. The van der Waals surface area contributed by atoms with E-state index in [1.807, 2.05) is 33.0 Å². The molecule has 1 aromatic carbocycles. The molecule has 0 amide bonds. The van der Waals surface area contributed by atoms with Crippen molar-refractivity contribution < 1.29 is 9.53 Å². The van der Waals surface area contributed by atoms with Gasteiger partial charge in [0, 0.05) is 36.3 Å².